The summed E-state index contributed by atoms with van der Waals surface area (Å²) in [5.41, 5.74) is 7.38. The highest BCUT2D eigenvalue weighted by Crippen LogP contribution is 2.37. The summed E-state index contributed by atoms with van der Waals surface area (Å²) in [6, 6.07) is 7.60. The van der Waals surface area contributed by atoms with Gasteiger partial charge in [-0.1, -0.05) is 11.6 Å². The van der Waals surface area contributed by atoms with Crippen LogP contribution in [0.15, 0.2) is 35.4 Å². The summed E-state index contributed by atoms with van der Waals surface area (Å²) in [5, 5.41) is 20.2. The second-order valence-electron chi connectivity index (χ2n) is 5.78. The van der Waals surface area contributed by atoms with Crippen molar-refractivity contribution < 1.29 is 17.9 Å². The van der Waals surface area contributed by atoms with Gasteiger partial charge in [0.1, 0.15) is 11.8 Å². The number of halogens is 4. The number of nitrogens with two attached hydrogens (primary N) is 1. The number of rotatable bonds is 5. The van der Waals surface area contributed by atoms with Crippen molar-refractivity contribution in [3.05, 3.63) is 52.0 Å². The molecule has 0 fully saturated rings. The monoisotopic (exact) mass is 409 g/mol. The molecule has 4 N–H and O–H groups in total. The third-order valence-electron chi connectivity index (χ3n) is 3.59. The van der Waals surface area contributed by atoms with Crippen molar-refractivity contribution >= 4 is 28.8 Å². The molecule has 0 spiro atoms. The van der Waals surface area contributed by atoms with E-state index in [0.29, 0.717) is 10.8 Å². The standard InChI is InChI=1S/C18H15ClF3N5O/c1-9-5-12(6-10(2)16(9)19)28-15-4-3-11(18(20,21)22)7-13(15)26-27-14(8-23)17(24)25/h3-7,26H,1-2H3,(H3,24,25)/b27-14+. The van der Waals surface area contributed by atoms with Gasteiger partial charge in [0.05, 0.1) is 11.3 Å². The predicted octanol–water partition coefficient (Wildman–Crippen LogP) is 5.00. The molecule has 0 atom stereocenters. The molecular formula is C18H15ClF3N5O. The predicted molar refractivity (Wildman–Crippen MR) is 101 cm³/mol. The summed E-state index contributed by atoms with van der Waals surface area (Å²) in [5.74, 6) is -0.245. The van der Waals surface area contributed by atoms with E-state index in [0.717, 1.165) is 29.3 Å². The van der Waals surface area contributed by atoms with Gasteiger partial charge in [-0.3, -0.25) is 10.8 Å². The molecule has 0 saturated heterocycles. The van der Waals surface area contributed by atoms with Crippen LogP contribution in [0.25, 0.3) is 0 Å². The summed E-state index contributed by atoms with van der Waals surface area (Å²) < 4.78 is 44.8. The van der Waals surface area contributed by atoms with Gasteiger partial charge in [0.25, 0.3) is 0 Å². The molecule has 0 aliphatic carbocycles. The number of benzene rings is 2. The number of nitrogens with one attached hydrogen (secondary N) is 2. The molecule has 2 rings (SSSR count). The second kappa shape index (κ2) is 8.19. The van der Waals surface area contributed by atoms with Gasteiger partial charge in [-0.15, -0.1) is 0 Å². The number of hydrogen-bond acceptors (Lipinski definition) is 5. The Hall–Kier alpha value is -3.25. The van der Waals surface area contributed by atoms with Crippen LogP contribution in [0.4, 0.5) is 18.9 Å². The van der Waals surface area contributed by atoms with Gasteiger partial charge in [-0.2, -0.15) is 23.5 Å². The lowest BCUT2D eigenvalue weighted by Crippen LogP contribution is -2.22. The first kappa shape index (κ1) is 21.1. The Morgan fingerprint density at radius 3 is 2.36 bits per heavy atom. The number of nitrogens with zero attached hydrogens (tertiary/aromatic N) is 2. The van der Waals surface area contributed by atoms with Gasteiger partial charge in [0.15, 0.2) is 11.6 Å². The van der Waals surface area contributed by atoms with E-state index in [9.17, 15) is 13.2 Å². The van der Waals surface area contributed by atoms with Crippen molar-refractivity contribution in [2.75, 3.05) is 5.43 Å². The Labute approximate surface area is 163 Å². The molecule has 0 aliphatic heterocycles. The fourth-order valence-corrected chi connectivity index (χ4v) is 2.35. The summed E-state index contributed by atoms with van der Waals surface area (Å²) in [6.07, 6.45) is -4.59. The molecule has 28 heavy (non-hydrogen) atoms. The Balaban J connectivity index is 2.48. The maximum absolute atomic E-state index is 13.0. The topological polar surface area (TPSA) is 107 Å². The first-order chi connectivity index (χ1) is 13.0. The zero-order valence-electron chi connectivity index (χ0n) is 14.8. The van der Waals surface area contributed by atoms with Gasteiger partial charge in [-0.25, -0.2) is 0 Å². The van der Waals surface area contributed by atoms with Crippen LogP contribution < -0.4 is 15.9 Å². The number of alkyl halides is 3. The molecule has 0 heterocycles. The minimum Gasteiger partial charge on any atom is -0.455 e. The zero-order valence-corrected chi connectivity index (χ0v) is 15.5. The van der Waals surface area contributed by atoms with E-state index in [1.165, 1.54) is 0 Å². The number of hydrogen-bond donors (Lipinski definition) is 3. The van der Waals surface area contributed by atoms with Crippen LogP contribution >= 0.6 is 11.6 Å². The van der Waals surface area contributed by atoms with Gasteiger partial charge >= 0.3 is 6.18 Å². The lowest BCUT2D eigenvalue weighted by molar-refractivity contribution is -0.137. The largest absolute Gasteiger partial charge is 0.455 e. The van der Waals surface area contributed by atoms with Crippen molar-refractivity contribution in [3.63, 3.8) is 0 Å². The molecule has 10 heteroatoms. The third kappa shape index (κ3) is 4.92. The molecule has 0 saturated carbocycles. The number of hydrazone groups is 1. The molecule has 0 aromatic heterocycles. The molecule has 0 amide bonds. The average molecular weight is 410 g/mol. The Morgan fingerprint density at radius 2 is 1.86 bits per heavy atom. The third-order valence-corrected chi connectivity index (χ3v) is 4.19. The van der Waals surface area contributed by atoms with E-state index in [1.807, 2.05) is 0 Å². The number of nitriles is 1. The minimum atomic E-state index is -4.59. The maximum Gasteiger partial charge on any atom is 0.416 e. The highest BCUT2D eigenvalue weighted by atomic mass is 35.5. The van der Waals surface area contributed by atoms with Crippen molar-refractivity contribution in [1.29, 1.82) is 10.7 Å². The number of ether oxygens (including phenoxy) is 1. The van der Waals surface area contributed by atoms with E-state index in [4.69, 9.17) is 32.7 Å². The molecule has 146 valence electrons. The van der Waals surface area contributed by atoms with Crippen LogP contribution in [0.2, 0.25) is 5.02 Å². The fourth-order valence-electron chi connectivity index (χ4n) is 2.24. The van der Waals surface area contributed by atoms with Gasteiger partial charge in [-0.05, 0) is 55.3 Å². The van der Waals surface area contributed by atoms with Crippen molar-refractivity contribution in [2.45, 2.75) is 20.0 Å². The van der Waals surface area contributed by atoms with Crippen LogP contribution in [-0.4, -0.2) is 11.5 Å². The van der Waals surface area contributed by atoms with Crippen LogP contribution in [0.5, 0.6) is 11.5 Å². The Kier molecular flexibility index (Phi) is 6.16. The van der Waals surface area contributed by atoms with E-state index >= 15 is 0 Å². The Morgan fingerprint density at radius 1 is 1.25 bits per heavy atom. The molecule has 0 unspecified atom stereocenters. The molecule has 6 nitrogen and oxygen atoms in total. The van der Waals surface area contributed by atoms with Crippen molar-refractivity contribution in [3.8, 4) is 17.6 Å². The summed E-state index contributed by atoms with van der Waals surface area (Å²) in [6.45, 7) is 3.54. The van der Waals surface area contributed by atoms with E-state index in [1.54, 1.807) is 32.0 Å². The maximum atomic E-state index is 13.0. The van der Waals surface area contributed by atoms with Crippen LogP contribution in [-0.2, 0) is 6.18 Å². The quantitative estimate of drug-likeness (QED) is 0.367. The molecule has 2 aromatic rings. The smallest absolute Gasteiger partial charge is 0.416 e. The highest BCUT2D eigenvalue weighted by molar-refractivity contribution is 6.45. The minimum absolute atomic E-state index is 0.0266. The average Bonchev–Trinajstić information content (AvgIpc) is 2.60. The summed E-state index contributed by atoms with van der Waals surface area (Å²) in [7, 11) is 0. The van der Waals surface area contributed by atoms with Gasteiger partial charge in [0, 0.05) is 5.02 Å². The molecule has 2 aromatic carbocycles. The normalized spacial score (nSPS) is 11.7. The van der Waals surface area contributed by atoms with E-state index in [-0.39, 0.29) is 11.4 Å². The summed E-state index contributed by atoms with van der Waals surface area (Å²) in [4.78, 5) is 0. The molecule has 0 radical (unpaired) electrons. The molecule has 0 bridgehead atoms. The van der Waals surface area contributed by atoms with Crippen LogP contribution in [0.3, 0.4) is 0 Å². The van der Waals surface area contributed by atoms with Gasteiger partial charge in [0.2, 0.25) is 5.71 Å². The first-order valence-corrected chi connectivity index (χ1v) is 8.14. The zero-order chi connectivity index (χ0) is 21.1. The highest BCUT2D eigenvalue weighted by Gasteiger charge is 2.31. The van der Waals surface area contributed by atoms with Crippen LogP contribution in [0, 0.1) is 30.6 Å². The lowest BCUT2D eigenvalue weighted by Gasteiger charge is -2.15. The molecule has 0 aliphatic rings. The first-order valence-electron chi connectivity index (χ1n) is 7.77. The SMILES string of the molecule is Cc1cc(Oc2ccc(C(F)(F)F)cc2N/N=C(\C#N)C(=N)N)cc(C)c1Cl. The van der Waals surface area contributed by atoms with Crippen LogP contribution in [0.1, 0.15) is 16.7 Å². The lowest BCUT2D eigenvalue weighted by atomic mass is 10.1. The van der Waals surface area contributed by atoms with Gasteiger partial charge < -0.3 is 10.5 Å². The molecular weight excluding hydrogens is 395 g/mol. The Bertz CT molecular complexity index is 973. The van der Waals surface area contributed by atoms with Crippen molar-refractivity contribution in [1.82, 2.24) is 0 Å². The van der Waals surface area contributed by atoms with E-state index < -0.39 is 23.3 Å². The second-order valence-corrected chi connectivity index (χ2v) is 6.16. The fraction of sp³-hybridized carbons (Fsp3) is 0.167. The van der Waals surface area contributed by atoms with E-state index in [2.05, 4.69) is 10.5 Å². The van der Waals surface area contributed by atoms with Crippen molar-refractivity contribution in [2.24, 2.45) is 10.8 Å². The number of anilines is 1. The summed E-state index contributed by atoms with van der Waals surface area (Å²) >= 11 is 6.11. The number of amidine groups is 1. The number of aryl methyl sites for hydroxylation is 2.